The smallest absolute Gasteiger partial charge is 0.258 e. The number of benzene rings is 1. The molecule has 0 spiro atoms. The number of hydrogen-bond donors (Lipinski definition) is 0. The van der Waals surface area contributed by atoms with Gasteiger partial charge in [0.2, 0.25) is 0 Å². The summed E-state index contributed by atoms with van der Waals surface area (Å²) in [5.74, 6) is 0. The molecule has 3 aromatic heterocycles. The van der Waals surface area contributed by atoms with Crippen LogP contribution < -0.4 is 0 Å². The standard InChI is InChI=1S/C21H14N4O2/c26-25(27)16-10-8-15(9-11-16)17-5-3-13-23-20(17)18-6-4-14-24-21(18)19-7-1-2-12-22-19/h1-14H. The number of rotatable bonds is 4. The molecule has 0 radical (unpaired) electrons. The summed E-state index contributed by atoms with van der Waals surface area (Å²) < 4.78 is 0. The first kappa shape index (κ1) is 16.5. The van der Waals surface area contributed by atoms with Crippen LogP contribution in [0.15, 0.2) is 85.3 Å². The van der Waals surface area contributed by atoms with Crippen molar-refractivity contribution in [1.82, 2.24) is 15.0 Å². The Morgan fingerprint density at radius 3 is 2.00 bits per heavy atom. The van der Waals surface area contributed by atoms with Gasteiger partial charge in [0, 0.05) is 41.9 Å². The highest BCUT2D eigenvalue weighted by molar-refractivity contribution is 5.87. The second-order valence-corrected chi connectivity index (χ2v) is 5.82. The molecule has 0 aliphatic carbocycles. The summed E-state index contributed by atoms with van der Waals surface area (Å²) >= 11 is 0. The van der Waals surface area contributed by atoms with Crippen molar-refractivity contribution in [2.45, 2.75) is 0 Å². The van der Waals surface area contributed by atoms with Crippen LogP contribution in [0.2, 0.25) is 0 Å². The molecular weight excluding hydrogens is 340 g/mol. The van der Waals surface area contributed by atoms with E-state index < -0.39 is 4.92 Å². The van der Waals surface area contributed by atoms with E-state index >= 15 is 0 Å². The topological polar surface area (TPSA) is 81.8 Å². The van der Waals surface area contributed by atoms with Crippen LogP contribution in [0.3, 0.4) is 0 Å². The van der Waals surface area contributed by atoms with Crippen molar-refractivity contribution in [3.63, 3.8) is 0 Å². The average molecular weight is 354 g/mol. The van der Waals surface area contributed by atoms with Gasteiger partial charge in [-0.15, -0.1) is 0 Å². The van der Waals surface area contributed by atoms with Gasteiger partial charge in [-0.3, -0.25) is 25.1 Å². The zero-order valence-electron chi connectivity index (χ0n) is 14.2. The molecule has 0 N–H and O–H groups in total. The summed E-state index contributed by atoms with van der Waals surface area (Å²) in [6.07, 6.45) is 5.17. The fourth-order valence-electron chi connectivity index (χ4n) is 2.92. The van der Waals surface area contributed by atoms with Crippen LogP contribution in [0.25, 0.3) is 33.8 Å². The first-order chi connectivity index (χ1) is 13.2. The summed E-state index contributed by atoms with van der Waals surface area (Å²) in [6.45, 7) is 0. The molecule has 0 fully saturated rings. The van der Waals surface area contributed by atoms with Crippen molar-refractivity contribution in [3.05, 3.63) is 95.4 Å². The molecule has 0 unspecified atom stereocenters. The zero-order chi connectivity index (χ0) is 18.6. The lowest BCUT2D eigenvalue weighted by atomic mass is 9.97. The second kappa shape index (κ2) is 7.13. The first-order valence-corrected chi connectivity index (χ1v) is 8.30. The number of hydrogen-bond acceptors (Lipinski definition) is 5. The molecular formula is C21H14N4O2. The monoisotopic (exact) mass is 354 g/mol. The quantitative estimate of drug-likeness (QED) is 0.389. The number of nitro groups is 1. The van der Waals surface area contributed by atoms with E-state index in [1.165, 1.54) is 12.1 Å². The van der Waals surface area contributed by atoms with Crippen molar-refractivity contribution in [3.8, 4) is 33.8 Å². The van der Waals surface area contributed by atoms with E-state index in [2.05, 4.69) is 15.0 Å². The molecule has 0 saturated heterocycles. The van der Waals surface area contributed by atoms with Gasteiger partial charge in [0.1, 0.15) is 0 Å². The normalized spacial score (nSPS) is 10.5. The summed E-state index contributed by atoms with van der Waals surface area (Å²) in [6, 6.07) is 19.7. The number of non-ortho nitro benzene ring substituents is 1. The van der Waals surface area contributed by atoms with E-state index in [0.717, 1.165) is 33.8 Å². The fourth-order valence-corrected chi connectivity index (χ4v) is 2.92. The van der Waals surface area contributed by atoms with Crippen LogP contribution in [0, 0.1) is 10.1 Å². The Hall–Kier alpha value is -3.93. The Bertz CT molecular complexity index is 1100. The van der Waals surface area contributed by atoms with Gasteiger partial charge in [0.15, 0.2) is 0 Å². The molecule has 4 aromatic rings. The maximum absolute atomic E-state index is 10.9. The van der Waals surface area contributed by atoms with E-state index in [-0.39, 0.29) is 5.69 Å². The van der Waals surface area contributed by atoms with Crippen molar-refractivity contribution < 1.29 is 4.92 Å². The Kier molecular flexibility index (Phi) is 4.37. The van der Waals surface area contributed by atoms with E-state index in [1.54, 1.807) is 30.7 Å². The molecule has 6 nitrogen and oxygen atoms in total. The third-order valence-corrected chi connectivity index (χ3v) is 4.17. The van der Waals surface area contributed by atoms with Crippen LogP contribution in [0.1, 0.15) is 0 Å². The molecule has 130 valence electrons. The van der Waals surface area contributed by atoms with Crippen LogP contribution in [-0.4, -0.2) is 19.9 Å². The van der Waals surface area contributed by atoms with E-state index in [4.69, 9.17) is 0 Å². The minimum atomic E-state index is -0.409. The molecule has 0 amide bonds. The predicted octanol–water partition coefficient (Wildman–Crippen LogP) is 4.78. The number of nitro benzene ring substituents is 1. The Balaban J connectivity index is 1.87. The lowest BCUT2D eigenvalue weighted by Gasteiger charge is -2.12. The van der Waals surface area contributed by atoms with Gasteiger partial charge in [-0.1, -0.05) is 12.1 Å². The first-order valence-electron chi connectivity index (χ1n) is 8.30. The highest BCUT2D eigenvalue weighted by atomic mass is 16.6. The minimum Gasteiger partial charge on any atom is -0.258 e. The van der Waals surface area contributed by atoms with Gasteiger partial charge in [0.25, 0.3) is 5.69 Å². The second-order valence-electron chi connectivity index (χ2n) is 5.82. The van der Waals surface area contributed by atoms with Gasteiger partial charge >= 0.3 is 0 Å². The average Bonchev–Trinajstić information content (AvgIpc) is 2.74. The SMILES string of the molecule is O=[N+]([O-])c1ccc(-c2cccnc2-c2cccnc2-c2ccccn2)cc1. The number of nitrogens with zero attached hydrogens (tertiary/aromatic N) is 4. The van der Waals surface area contributed by atoms with Crippen molar-refractivity contribution >= 4 is 5.69 Å². The summed E-state index contributed by atoms with van der Waals surface area (Å²) in [7, 11) is 0. The zero-order valence-corrected chi connectivity index (χ0v) is 14.2. The summed E-state index contributed by atoms with van der Waals surface area (Å²) in [5.41, 5.74) is 4.87. The highest BCUT2D eigenvalue weighted by Gasteiger charge is 2.15. The van der Waals surface area contributed by atoms with Crippen LogP contribution in [-0.2, 0) is 0 Å². The molecule has 4 rings (SSSR count). The largest absolute Gasteiger partial charge is 0.269 e. The Morgan fingerprint density at radius 2 is 1.33 bits per heavy atom. The predicted molar refractivity (Wildman–Crippen MR) is 103 cm³/mol. The molecule has 6 heteroatoms. The fraction of sp³-hybridized carbons (Fsp3) is 0. The van der Waals surface area contributed by atoms with Gasteiger partial charge in [-0.25, -0.2) is 0 Å². The van der Waals surface area contributed by atoms with Crippen LogP contribution in [0.5, 0.6) is 0 Å². The third-order valence-electron chi connectivity index (χ3n) is 4.17. The molecule has 27 heavy (non-hydrogen) atoms. The van der Waals surface area contributed by atoms with Gasteiger partial charge in [-0.2, -0.15) is 0 Å². The molecule has 0 saturated carbocycles. The van der Waals surface area contributed by atoms with E-state index in [1.807, 2.05) is 42.5 Å². The molecule has 1 aromatic carbocycles. The molecule has 3 heterocycles. The Morgan fingerprint density at radius 1 is 0.667 bits per heavy atom. The maximum Gasteiger partial charge on any atom is 0.269 e. The van der Waals surface area contributed by atoms with Crippen LogP contribution >= 0.6 is 0 Å². The van der Waals surface area contributed by atoms with E-state index in [0.29, 0.717) is 0 Å². The molecule has 0 aliphatic rings. The minimum absolute atomic E-state index is 0.0553. The molecule has 0 aliphatic heterocycles. The van der Waals surface area contributed by atoms with Gasteiger partial charge in [0.05, 0.1) is 22.0 Å². The lowest BCUT2D eigenvalue weighted by molar-refractivity contribution is -0.384. The van der Waals surface area contributed by atoms with Gasteiger partial charge in [-0.05, 0) is 48.0 Å². The number of aromatic nitrogens is 3. The molecule has 0 bridgehead atoms. The highest BCUT2D eigenvalue weighted by Crippen LogP contribution is 2.35. The van der Waals surface area contributed by atoms with Crippen LogP contribution in [0.4, 0.5) is 5.69 Å². The van der Waals surface area contributed by atoms with E-state index in [9.17, 15) is 10.1 Å². The Labute approximate surface area is 155 Å². The van der Waals surface area contributed by atoms with Crippen molar-refractivity contribution in [2.75, 3.05) is 0 Å². The van der Waals surface area contributed by atoms with Crippen molar-refractivity contribution in [2.24, 2.45) is 0 Å². The van der Waals surface area contributed by atoms with Gasteiger partial charge < -0.3 is 0 Å². The maximum atomic E-state index is 10.9. The lowest BCUT2D eigenvalue weighted by Crippen LogP contribution is -1.95. The van der Waals surface area contributed by atoms with Crippen molar-refractivity contribution in [1.29, 1.82) is 0 Å². The number of pyridine rings is 3. The summed E-state index contributed by atoms with van der Waals surface area (Å²) in [4.78, 5) is 24.0. The third kappa shape index (κ3) is 3.28. The molecule has 0 atom stereocenters. The summed E-state index contributed by atoms with van der Waals surface area (Å²) in [5, 5.41) is 10.9.